The van der Waals surface area contributed by atoms with E-state index in [1.807, 2.05) is 0 Å². The van der Waals surface area contributed by atoms with Gasteiger partial charge in [0.1, 0.15) is 5.54 Å². The van der Waals surface area contributed by atoms with E-state index in [9.17, 15) is 10.1 Å². The summed E-state index contributed by atoms with van der Waals surface area (Å²) < 4.78 is 0. The fraction of sp³-hybridized carbons (Fsp3) is 0.579. The van der Waals surface area contributed by atoms with Crippen LogP contribution in [0.2, 0.25) is 0 Å². The first kappa shape index (κ1) is 17.9. The standard InChI is InChI=1S/C19H26N2OS/c1-15(2)16-7-9-17(10-8-16)23-13-18(22)21(3)19(14-20)11-5-4-6-12-19/h7-10,15H,4-6,11-13H2,1-3H3. The molecule has 1 fully saturated rings. The molecule has 0 aromatic heterocycles. The largest absolute Gasteiger partial charge is 0.326 e. The van der Waals surface area contributed by atoms with Gasteiger partial charge in [-0.15, -0.1) is 11.8 Å². The minimum absolute atomic E-state index is 0.0476. The summed E-state index contributed by atoms with van der Waals surface area (Å²) in [6.45, 7) is 4.35. The molecule has 0 atom stereocenters. The molecule has 0 unspecified atom stereocenters. The molecule has 0 spiro atoms. The van der Waals surface area contributed by atoms with Gasteiger partial charge in [0.25, 0.3) is 0 Å². The quantitative estimate of drug-likeness (QED) is 0.742. The van der Waals surface area contributed by atoms with Crippen molar-refractivity contribution in [1.29, 1.82) is 5.26 Å². The molecule has 23 heavy (non-hydrogen) atoms. The SMILES string of the molecule is CC(C)c1ccc(SCC(=O)N(C)C2(C#N)CCCCC2)cc1. The second-order valence-electron chi connectivity index (χ2n) is 6.67. The Morgan fingerprint density at radius 1 is 1.26 bits per heavy atom. The van der Waals surface area contributed by atoms with Crippen LogP contribution in [0.5, 0.6) is 0 Å². The average molecular weight is 330 g/mol. The van der Waals surface area contributed by atoms with Crippen molar-refractivity contribution in [3.8, 4) is 6.07 Å². The fourth-order valence-corrected chi connectivity index (χ4v) is 3.90. The van der Waals surface area contributed by atoms with Crippen molar-refractivity contribution in [1.82, 2.24) is 4.90 Å². The smallest absolute Gasteiger partial charge is 0.233 e. The molecule has 0 aliphatic heterocycles. The van der Waals surface area contributed by atoms with E-state index in [2.05, 4.69) is 44.2 Å². The van der Waals surface area contributed by atoms with E-state index >= 15 is 0 Å². The van der Waals surface area contributed by atoms with E-state index in [0.29, 0.717) is 11.7 Å². The summed E-state index contributed by atoms with van der Waals surface area (Å²) in [5, 5.41) is 9.58. The van der Waals surface area contributed by atoms with Crippen molar-refractivity contribution in [2.24, 2.45) is 0 Å². The van der Waals surface area contributed by atoms with Crippen molar-refractivity contribution in [2.45, 2.75) is 62.3 Å². The van der Waals surface area contributed by atoms with Gasteiger partial charge in [0.05, 0.1) is 11.8 Å². The zero-order valence-corrected chi connectivity index (χ0v) is 15.2. The van der Waals surface area contributed by atoms with E-state index in [-0.39, 0.29) is 5.91 Å². The minimum atomic E-state index is -0.586. The molecule has 4 heteroatoms. The molecule has 3 nitrogen and oxygen atoms in total. The second kappa shape index (κ2) is 7.88. The van der Waals surface area contributed by atoms with Crippen LogP contribution in [0.1, 0.15) is 57.4 Å². The maximum Gasteiger partial charge on any atom is 0.233 e. The number of nitriles is 1. The number of hydrogen-bond acceptors (Lipinski definition) is 3. The highest BCUT2D eigenvalue weighted by atomic mass is 32.2. The second-order valence-corrected chi connectivity index (χ2v) is 7.72. The first-order valence-corrected chi connectivity index (χ1v) is 9.38. The Labute approximate surface area is 144 Å². The lowest BCUT2D eigenvalue weighted by Crippen LogP contribution is -2.50. The van der Waals surface area contributed by atoms with Crippen molar-refractivity contribution >= 4 is 17.7 Å². The Kier molecular flexibility index (Phi) is 6.12. The Balaban J connectivity index is 1.94. The van der Waals surface area contributed by atoms with Gasteiger partial charge in [-0.2, -0.15) is 5.26 Å². The molecule has 1 aromatic rings. The molecule has 1 aromatic carbocycles. The highest BCUT2D eigenvalue weighted by Gasteiger charge is 2.38. The number of nitrogens with zero attached hydrogens (tertiary/aromatic N) is 2. The van der Waals surface area contributed by atoms with Crippen LogP contribution in [0.3, 0.4) is 0 Å². The van der Waals surface area contributed by atoms with Gasteiger partial charge in [-0.05, 0) is 36.5 Å². The molecular weight excluding hydrogens is 304 g/mol. The van der Waals surface area contributed by atoms with Crippen LogP contribution in [-0.2, 0) is 4.79 Å². The van der Waals surface area contributed by atoms with Crippen molar-refractivity contribution < 1.29 is 4.79 Å². The zero-order chi connectivity index (χ0) is 16.9. The third kappa shape index (κ3) is 4.29. The van der Waals surface area contributed by atoms with E-state index < -0.39 is 5.54 Å². The number of carbonyl (C=O) groups is 1. The normalized spacial score (nSPS) is 16.8. The Morgan fingerprint density at radius 3 is 2.39 bits per heavy atom. The third-order valence-electron chi connectivity index (χ3n) is 4.81. The number of amides is 1. The van der Waals surface area contributed by atoms with Gasteiger partial charge < -0.3 is 4.90 Å². The van der Waals surface area contributed by atoms with Gasteiger partial charge >= 0.3 is 0 Å². The summed E-state index contributed by atoms with van der Waals surface area (Å²) in [6, 6.07) is 10.8. The van der Waals surface area contributed by atoms with Gasteiger partial charge in [-0.1, -0.05) is 45.2 Å². The molecule has 1 aliphatic carbocycles. The lowest BCUT2D eigenvalue weighted by molar-refractivity contribution is -0.131. The molecular formula is C19H26N2OS. The van der Waals surface area contributed by atoms with Gasteiger partial charge in [-0.3, -0.25) is 4.79 Å². The van der Waals surface area contributed by atoms with Gasteiger partial charge in [0.15, 0.2) is 0 Å². The first-order chi connectivity index (χ1) is 11.0. The topological polar surface area (TPSA) is 44.1 Å². The molecule has 0 N–H and O–H groups in total. The average Bonchev–Trinajstić information content (AvgIpc) is 2.59. The van der Waals surface area contributed by atoms with Gasteiger partial charge in [0.2, 0.25) is 5.91 Å². The first-order valence-electron chi connectivity index (χ1n) is 8.39. The maximum atomic E-state index is 12.5. The number of carbonyl (C=O) groups excluding carboxylic acids is 1. The predicted octanol–water partition coefficient (Wildman–Crippen LogP) is 4.59. The molecule has 1 amide bonds. The van der Waals surface area contributed by atoms with Gasteiger partial charge in [-0.25, -0.2) is 0 Å². The highest BCUT2D eigenvalue weighted by molar-refractivity contribution is 8.00. The summed E-state index contributed by atoms with van der Waals surface area (Å²) in [6.07, 6.45) is 4.85. The Bertz CT molecular complexity index is 568. The van der Waals surface area contributed by atoms with Crippen LogP contribution in [0, 0.1) is 11.3 Å². The lowest BCUT2D eigenvalue weighted by Gasteiger charge is -2.39. The van der Waals surface area contributed by atoms with E-state index in [0.717, 1.165) is 30.6 Å². The minimum Gasteiger partial charge on any atom is -0.326 e. The molecule has 1 saturated carbocycles. The predicted molar refractivity (Wildman–Crippen MR) is 95.5 cm³/mol. The number of thioether (sulfide) groups is 1. The third-order valence-corrected chi connectivity index (χ3v) is 5.81. The Morgan fingerprint density at radius 2 is 1.87 bits per heavy atom. The van der Waals surface area contributed by atoms with Crippen molar-refractivity contribution in [3.05, 3.63) is 29.8 Å². The van der Waals surface area contributed by atoms with Crippen molar-refractivity contribution in [3.63, 3.8) is 0 Å². The van der Waals surface area contributed by atoms with Crippen molar-refractivity contribution in [2.75, 3.05) is 12.8 Å². The van der Waals surface area contributed by atoms with E-state index in [1.54, 1.807) is 23.7 Å². The molecule has 0 heterocycles. The molecule has 0 radical (unpaired) electrons. The molecule has 2 rings (SSSR count). The van der Waals surface area contributed by atoms with E-state index in [4.69, 9.17) is 0 Å². The maximum absolute atomic E-state index is 12.5. The summed E-state index contributed by atoms with van der Waals surface area (Å²) in [7, 11) is 1.79. The fourth-order valence-electron chi connectivity index (χ4n) is 3.09. The summed E-state index contributed by atoms with van der Waals surface area (Å²) >= 11 is 1.55. The number of rotatable bonds is 5. The monoisotopic (exact) mass is 330 g/mol. The van der Waals surface area contributed by atoms with Crippen LogP contribution < -0.4 is 0 Å². The van der Waals surface area contributed by atoms with Crippen LogP contribution in [0.4, 0.5) is 0 Å². The van der Waals surface area contributed by atoms with Crippen LogP contribution in [0.25, 0.3) is 0 Å². The molecule has 124 valence electrons. The summed E-state index contributed by atoms with van der Waals surface area (Å²) in [5.41, 5.74) is 0.723. The summed E-state index contributed by atoms with van der Waals surface area (Å²) in [4.78, 5) is 15.3. The van der Waals surface area contributed by atoms with Crippen LogP contribution >= 0.6 is 11.8 Å². The lowest BCUT2D eigenvalue weighted by atomic mass is 9.81. The van der Waals surface area contributed by atoms with Crippen LogP contribution in [-0.4, -0.2) is 29.1 Å². The molecule has 0 bridgehead atoms. The van der Waals surface area contributed by atoms with Crippen LogP contribution in [0.15, 0.2) is 29.2 Å². The Hall–Kier alpha value is -1.47. The molecule has 0 saturated heterocycles. The van der Waals surface area contributed by atoms with E-state index in [1.165, 1.54) is 12.0 Å². The highest BCUT2D eigenvalue weighted by Crippen LogP contribution is 2.33. The van der Waals surface area contributed by atoms with Gasteiger partial charge in [0, 0.05) is 11.9 Å². The number of hydrogen-bond donors (Lipinski definition) is 0. The number of benzene rings is 1. The zero-order valence-electron chi connectivity index (χ0n) is 14.3. The molecule has 1 aliphatic rings. The summed E-state index contributed by atoms with van der Waals surface area (Å²) in [5.74, 6) is 0.955.